The maximum atomic E-state index is 14.4. The van der Waals surface area contributed by atoms with E-state index in [9.17, 15) is 17.6 Å². The van der Waals surface area contributed by atoms with E-state index in [0.717, 1.165) is 42.7 Å². The fourth-order valence-corrected chi connectivity index (χ4v) is 2.87. The summed E-state index contributed by atoms with van der Waals surface area (Å²) >= 11 is 0. The summed E-state index contributed by atoms with van der Waals surface area (Å²) in [5.74, 6) is -3.97. The number of hydrogen-bond acceptors (Lipinski definition) is 0. The summed E-state index contributed by atoms with van der Waals surface area (Å²) < 4.78 is 56.0. The minimum Gasteiger partial charge on any atom is -0.207 e. The van der Waals surface area contributed by atoms with Gasteiger partial charge in [0, 0.05) is 11.1 Å². The van der Waals surface area contributed by atoms with Crippen LogP contribution in [0.5, 0.6) is 0 Å². The maximum Gasteiger partial charge on any atom is 0.169 e. The van der Waals surface area contributed by atoms with Gasteiger partial charge in [-0.15, -0.1) is 0 Å². The lowest BCUT2D eigenvalue weighted by Crippen LogP contribution is -1.91. The Kier molecular flexibility index (Phi) is 5.75. The van der Waals surface area contributed by atoms with Crippen molar-refractivity contribution in [1.82, 2.24) is 0 Å². The van der Waals surface area contributed by atoms with Gasteiger partial charge in [-0.2, -0.15) is 0 Å². The molecule has 27 heavy (non-hydrogen) atoms. The summed E-state index contributed by atoms with van der Waals surface area (Å²) in [6.07, 6.45) is 2.00. The second-order valence-electron chi connectivity index (χ2n) is 6.28. The first-order valence-electron chi connectivity index (χ1n) is 8.70. The number of benzene rings is 3. The van der Waals surface area contributed by atoms with E-state index in [0.29, 0.717) is 5.56 Å². The van der Waals surface area contributed by atoms with Crippen molar-refractivity contribution in [3.05, 3.63) is 95.1 Å². The molecule has 3 aromatic rings. The second-order valence-corrected chi connectivity index (χ2v) is 6.28. The van der Waals surface area contributed by atoms with E-state index in [4.69, 9.17) is 0 Å². The predicted molar refractivity (Wildman–Crippen MR) is 101 cm³/mol. The first-order chi connectivity index (χ1) is 13.0. The van der Waals surface area contributed by atoms with Gasteiger partial charge >= 0.3 is 0 Å². The SMILES string of the molecule is CCCc1ccc(-c2ccc(/C(F)=C(\F)c3ccc(F)cc3)c(F)c2)cc1. The van der Waals surface area contributed by atoms with Crippen molar-refractivity contribution in [3.8, 4) is 11.1 Å². The van der Waals surface area contributed by atoms with Gasteiger partial charge in [0.05, 0.1) is 0 Å². The van der Waals surface area contributed by atoms with Gasteiger partial charge in [-0.3, -0.25) is 0 Å². The molecule has 0 aliphatic heterocycles. The van der Waals surface area contributed by atoms with Crippen LogP contribution >= 0.6 is 0 Å². The van der Waals surface area contributed by atoms with Gasteiger partial charge in [-0.05, 0) is 59.5 Å². The summed E-state index contributed by atoms with van der Waals surface area (Å²) in [6, 6.07) is 15.9. The second kappa shape index (κ2) is 8.21. The molecular formula is C23H18F4. The molecule has 0 amide bonds. The molecule has 0 unspecified atom stereocenters. The third kappa shape index (κ3) is 4.27. The van der Waals surface area contributed by atoms with E-state index < -0.39 is 28.9 Å². The molecule has 0 spiro atoms. The number of halogens is 4. The smallest absolute Gasteiger partial charge is 0.169 e. The zero-order valence-corrected chi connectivity index (χ0v) is 14.8. The molecule has 0 saturated heterocycles. The van der Waals surface area contributed by atoms with Crippen molar-refractivity contribution in [2.24, 2.45) is 0 Å². The highest BCUT2D eigenvalue weighted by Gasteiger charge is 2.16. The molecule has 0 fully saturated rings. The number of hydrogen-bond donors (Lipinski definition) is 0. The molecule has 0 bridgehead atoms. The average Bonchev–Trinajstić information content (AvgIpc) is 2.68. The summed E-state index contributed by atoms with van der Waals surface area (Å²) in [4.78, 5) is 0. The lowest BCUT2D eigenvalue weighted by molar-refractivity contribution is 0.611. The number of aryl methyl sites for hydroxylation is 1. The zero-order valence-electron chi connectivity index (χ0n) is 14.8. The minimum absolute atomic E-state index is 0.149. The molecule has 3 rings (SSSR count). The average molecular weight is 370 g/mol. The molecule has 0 aliphatic rings. The van der Waals surface area contributed by atoms with Crippen LogP contribution in [-0.4, -0.2) is 0 Å². The highest BCUT2D eigenvalue weighted by Crippen LogP contribution is 2.32. The van der Waals surface area contributed by atoms with E-state index in [1.165, 1.54) is 17.7 Å². The normalized spacial score (nSPS) is 12.0. The molecule has 0 radical (unpaired) electrons. The standard InChI is InChI=1S/C23H18F4/c1-2-3-15-4-6-16(7-5-15)18-10-13-20(21(25)14-18)23(27)22(26)17-8-11-19(24)12-9-17/h4-14H,2-3H2,1H3/b23-22+. The van der Waals surface area contributed by atoms with Crippen molar-refractivity contribution < 1.29 is 17.6 Å². The van der Waals surface area contributed by atoms with Crippen LogP contribution in [0.2, 0.25) is 0 Å². The summed E-state index contributed by atoms with van der Waals surface area (Å²) in [5, 5.41) is 0. The van der Waals surface area contributed by atoms with Crippen molar-refractivity contribution in [3.63, 3.8) is 0 Å². The highest BCUT2D eigenvalue weighted by molar-refractivity contribution is 5.84. The fraction of sp³-hybridized carbons (Fsp3) is 0.130. The van der Waals surface area contributed by atoms with Crippen LogP contribution in [0.1, 0.15) is 30.0 Å². The predicted octanol–water partition coefficient (Wildman–Crippen LogP) is 7.35. The Labute approximate surface area is 155 Å². The van der Waals surface area contributed by atoms with Crippen LogP contribution in [0.3, 0.4) is 0 Å². The molecule has 138 valence electrons. The Morgan fingerprint density at radius 3 is 1.96 bits per heavy atom. The van der Waals surface area contributed by atoms with Crippen molar-refractivity contribution in [2.75, 3.05) is 0 Å². The van der Waals surface area contributed by atoms with Gasteiger partial charge in [0.2, 0.25) is 0 Å². The number of rotatable bonds is 5. The topological polar surface area (TPSA) is 0 Å². The first-order valence-corrected chi connectivity index (χ1v) is 8.70. The lowest BCUT2D eigenvalue weighted by Gasteiger charge is -2.08. The summed E-state index contributed by atoms with van der Waals surface area (Å²) in [5.41, 5.74) is 1.94. The van der Waals surface area contributed by atoms with Crippen LogP contribution < -0.4 is 0 Å². The Bertz CT molecular complexity index is 955. The molecule has 4 heteroatoms. The van der Waals surface area contributed by atoms with Gasteiger partial charge in [0.25, 0.3) is 0 Å². The molecule has 0 nitrogen and oxygen atoms in total. The van der Waals surface area contributed by atoms with Gasteiger partial charge in [0.15, 0.2) is 11.7 Å². The third-order valence-electron chi connectivity index (χ3n) is 4.32. The van der Waals surface area contributed by atoms with Gasteiger partial charge in [-0.1, -0.05) is 43.7 Å². The summed E-state index contributed by atoms with van der Waals surface area (Å²) in [6.45, 7) is 2.09. The molecule has 0 atom stereocenters. The largest absolute Gasteiger partial charge is 0.207 e. The molecule has 0 saturated carbocycles. The Balaban J connectivity index is 1.92. The van der Waals surface area contributed by atoms with Crippen LogP contribution in [0, 0.1) is 11.6 Å². The molecule has 3 aromatic carbocycles. The van der Waals surface area contributed by atoms with Gasteiger partial charge in [-0.25, -0.2) is 17.6 Å². The molecular weight excluding hydrogens is 352 g/mol. The van der Waals surface area contributed by atoms with Gasteiger partial charge in [0.1, 0.15) is 11.6 Å². The monoisotopic (exact) mass is 370 g/mol. The zero-order chi connectivity index (χ0) is 19.4. The first kappa shape index (κ1) is 18.9. The molecule has 0 heterocycles. The van der Waals surface area contributed by atoms with Crippen LogP contribution in [0.4, 0.5) is 17.6 Å². The summed E-state index contributed by atoms with van der Waals surface area (Å²) in [7, 11) is 0. The van der Waals surface area contributed by atoms with Crippen LogP contribution in [0.15, 0.2) is 66.7 Å². The van der Waals surface area contributed by atoms with Gasteiger partial charge < -0.3 is 0 Å². The van der Waals surface area contributed by atoms with E-state index in [2.05, 4.69) is 6.92 Å². The fourth-order valence-electron chi connectivity index (χ4n) is 2.87. The molecule has 0 N–H and O–H groups in total. The van der Waals surface area contributed by atoms with Crippen molar-refractivity contribution in [1.29, 1.82) is 0 Å². The Morgan fingerprint density at radius 1 is 0.741 bits per heavy atom. The van der Waals surface area contributed by atoms with Crippen LogP contribution in [-0.2, 0) is 6.42 Å². The van der Waals surface area contributed by atoms with E-state index in [-0.39, 0.29) is 5.56 Å². The maximum absolute atomic E-state index is 14.4. The van der Waals surface area contributed by atoms with Crippen molar-refractivity contribution in [2.45, 2.75) is 19.8 Å². The van der Waals surface area contributed by atoms with E-state index >= 15 is 0 Å². The minimum atomic E-state index is -1.32. The molecule has 0 aromatic heterocycles. The lowest BCUT2D eigenvalue weighted by atomic mass is 10.00. The third-order valence-corrected chi connectivity index (χ3v) is 4.32. The highest BCUT2D eigenvalue weighted by atomic mass is 19.2. The van der Waals surface area contributed by atoms with E-state index in [1.54, 1.807) is 6.07 Å². The quantitative estimate of drug-likeness (QED) is 0.325. The molecule has 0 aliphatic carbocycles. The Hall–Kier alpha value is -2.88. The van der Waals surface area contributed by atoms with Crippen molar-refractivity contribution >= 4 is 11.7 Å². The van der Waals surface area contributed by atoms with E-state index in [1.807, 2.05) is 24.3 Å². The Morgan fingerprint density at radius 2 is 1.37 bits per heavy atom. The van der Waals surface area contributed by atoms with Crippen LogP contribution in [0.25, 0.3) is 22.8 Å².